The largest absolute Gasteiger partial charge is 0.491 e. The molecule has 0 fully saturated rings. The first-order valence-corrected chi connectivity index (χ1v) is 9.24. The molecule has 0 aliphatic carbocycles. The zero-order valence-corrected chi connectivity index (χ0v) is 16.5. The van der Waals surface area contributed by atoms with Gasteiger partial charge < -0.3 is 20.1 Å². The lowest BCUT2D eigenvalue weighted by molar-refractivity contribution is 0.0692. The van der Waals surface area contributed by atoms with Crippen LogP contribution >= 0.6 is 0 Å². The van der Waals surface area contributed by atoms with Gasteiger partial charge in [-0.3, -0.25) is 9.78 Å². The summed E-state index contributed by atoms with van der Waals surface area (Å²) in [6.45, 7) is 6.10. The van der Waals surface area contributed by atoms with Crippen LogP contribution in [0.25, 0.3) is 21.7 Å². The number of aryl methyl sites for hydroxylation is 2. The molecule has 2 aromatic heterocycles. The third-order valence-electron chi connectivity index (χ3n) is 4.87. The zero-order chi connectivity index (χ0) is 20.6. The van der Waals surface area contributed by atoms with Gasteiger partial charge in [-0.05, 0) is 36.8 Å². The van der Waals surface area contributed by atoms with Crippen LogP contribution in [0.3, 0.4) is 0 Å². The minimum atomic E-state index is -1.10. The van der Waals surface area contributed by atoms with Gasteiger partial charge in [0.05, 0.1) is 16.6 Å². The van der Waals surface area contributed by atoms with Crippen LogP contribution in [0.4, 0.5) is 0 Å². The number of pyridine rings is 2. The van der Waals surface area contributed by atoms with Gasteiger partial charge in [0.15, 0.2) is 0 Å². The summed E-state index contributed by atoms with van der Waals surface area (Å²) in [4.78, 5) is 28.9. The first-order chi connectivity index (χ1) is 13.2. The van der Waals surface area contributed by atoms with E-state index >= 15 is 0 Å². The summed E-state index contributed by atoms with van der Waals surface area (Å²) in [6.07, 6.45) is 2.39. The highest BCUT2D eigenvalue weighted by Gasteiger charge is 2.19. The normalized spacial score (nSPS) is 12.6. The SMILES string of the molecule is Cc1nccc2c1c(=O)n(C)c1cc(OCC(N)CC(C)C)c(C(=O)O)cc21. The van der Waals surface area contributed by atoms with E-state index in [1.807, 2.05) is 0 Å². The number of benzene rings is 1. The molecule has 2 heterocycles. The number of nitrogens with zero attached hydrogens (tertiary/aromatic N) is 2. The fourth-order valence-electron chi connectivity index (χ4n) is 3.56. The lowest BCUT2D eigenvalue weighted by Crippen LogP contribution is -2.29. The van der Waals surface area contributed by atoms with E-state index in [0.29, 0.717) is 33.3 Å². The molecule has 3 rings (SSSR count). The number of fused-ring (bicyclic) bond motifs is 3. The van der Waals surface area contributed by atoms with Crippen molar-refractivity contribution in [3.8, 4) is 5.75 Å². The van der Waals surface area contributed by atoms with Gasteiger partial charge in [-0.15, -0.1) is 0 Å². The van der Waals surface area contributed by atoms with Crippen LogP contribution in [0, 0.1) is 12.8 Å². The maximum Gasteiger partial charge on any atom is 0.339 e. The monoisotopic (exact) mass is 383 g/mol. The van der Waals surface area contributed by atoms with Gasteiger partial charge in [0.1, 0.15) is 17.9 Å². The van der Waals surface area contributed by atoms with E-state index in [-0.39, 0.29) is 29.5 Å². The van der Waals surface area contributed by atoms with E-state index in [1.165, 1.54) is 4.57 Å². The topological polar surface area (TPSA) is 107 Å². The van der Waals surface area contributed by atoms with E-state index in [2.05, 4.69) is 18.8 Å². The van der Waals surface area contributed by atoms with Crippen molar-refractivity contribution >= 4 is 27.6 Å². The molecule has 1 unspecified atom stereocenters. The van der Waals surface area contributed by atoms with Crippen molar-refractivity contribution in [1.29, 1.82) is 0 Å². The predicted octanol–water partition coefficient (Wildman–Crippen LogP) is 2.85. The van der Waals surface area contributed by atoms with Crippen LogP contribution in [0.15, 0.2) is 29.2 Å². The quantitative estimate of drug-likeness (QED) is 0.634. The second-order valence-corrected chi connectivity index (χ2v) is 7.55. The first-order valence-electron chi connectivity index (χ1n) is 9.24. The van der Waals surface area contributed by atoms with Crippen LogP contribution in [0.1, 0.15) is 36.3 Å². The summed E-state index contributed by atoms with van der Waals surface area (Å²) in [6, 6.07) is 4.70. The summed E-state index contributed by atoms with van der Waals surface area (Å²) in [5.41, 5.74) is 7.14. The molecular formula is C21H25N3O4. The van der Waals surface area contributed by atoms with Crippen LogP contribution < -0.4 is 16.0 Å². The molecule has 148 valence electrons. The van der Waals surface area contributed by atoms with E-state index in [4.69, 9.17) is 10.5 Å². The highest BCUT2D eigenvalue weighted by Crippen LogP contribution is 2.30. The second kappa shape index (κ2) is 7.59. The Morgan fingerprint density at radius 3 is 2.68 bits per heavy atom. The molecular weight excluding hydrogens is 358 g/mol. The number of aromatic nitrogens is 2. The third-order valence-corrected chi connectivity index (χ3v) is 4.87. The second-order valence-electron chi connectivity index (χ2n) is 7.55. The number of aromatic carboxylic acids is 1. The number of ether oxygens (including phenoxy) is 1. The Balaban J connectivity index is 2.20. The molecule has 0 saturated carbocycles. The summed E-state index contributed by atoms with van der Waals surface area (Å²) < 4.78 is 7.27. The maximum atomic E-state index is 12.8. The van der Waals surface area contributed by atoms with Gasteiger partial charge in [-0.2, -0.15) is 0 Å². The fourth-order valence-corrected chi connectivity index (χ4v) is 3.56. The lowest BCUT2D eigenvalue weighted by atomic mass is 10.0. The summed E-state index contributed by atoms with van der Waals surface area (Å²) in [5, 5.41) is 11.5. The van der Waals surface area contributed by atoms with Gasteiger partial charge in [0.2, 0.25) is 0 Å². The molecule has 0 aliphatic heterocycles. The van der Waals surface area contributed by atoms with Gasteiger partial charge in [0.25, 0.3) is 5.56 Å². The average molecular weight is 383 g/mol. The van der Waals surface area contributed by atoms with Gasteiger partial charge in [0, 0.05) is 30.7 Å². The standard InChI is InChI=1S/C21H25N3O4/c1-11(2)7-13(22)10-28-18-9-17-15(8-16(18)21(26)27)14-5-6-23-12(3)19(14)20(25)24(17)4/h5-6,8-9,11,13H,7,10,22H2,1-4H3,(H,26,27). The molecule has 0 bridgehead atoms. The first kappa shape index (κ1) is 19.8. The molecule has 0 aliphatic rings. The number of nitrogens with two attached hydrogens (primary N) is 1. The third kappa shape index (κ3) is 3.57. The maximum absolute atomic E-state index is 12.8. The van der Waals surface area contributed by atoms with Crippen LogP contribution in [0.5, 0.6) is 5.75 Å². The van der Waals surface area contributed by atoms with Gasteiger partial charge in [-0.1, -0.05) is 13.8 Å². The van der Waals surface area contributed by atoms with Crippen LogP contribution in [-0.2, 0) is 7.05 Å². The summed E-state index contributed by atoms with van der Waals surface area (Å²) in [7, 11) is 1.66. The minimum absolute atomic E-state index is 0.0404. The van der Waals surface area contributed by atoms with Crippen molar-refractivity contribution in [2.75, 3.05) is 6.61 Å². The molecule has 28 heavy (non-hydrogen) atoms. The molecule has 0 saturated heterocycles. The number of rotatable bonds is 6. The predicted molar refractivity (Wildman–Crippen MR) is 109 cm³/mol. The van der Waals surface area contributed by atoms with E-state index in [9.17, 15) is 14.7 Å². The summed E-state index contributed by atoms with van der Waals surface area (Å²) in [5.74, 6) is -0.473. The Kier molecular flexibility index (Phi) is 5.38. The fraction of sp³-hybridized carbons (Fsp3) is 0.381. The van der Waals surface area contributed by atoms with E-state index in [1.54, 1.807) is 38.4 Å². The van der Waals surface area contributed by atoms with Crippen molar-refractivity contribution < 1.29 is 14.6 Å². The summed E-state index contributed by atoms with van der Waals surface area (Å²) >= 11 is 0. The molecule has 0 radical (unpaired) electrons. The Labute approximate surface area is 162 Å². The number of carbonyl (C=O) groups is 1. The number of carboxylic acid groups (broad SMARTS) is 1. The van der Waals surface area contributed by atoms with Gasteiger partial charge >= 0.3 is 5.97 Å². The molecule has 7 heteroatoms. The number of hydrogen-bond donors (Lipinski definition) is 2. The highest BCUT2D eigenvalue weighted by atomic mass is 16.5. The molecule has 0 amide bonds. The van der Waals surface area contributed by atoms with E-state index < -0.39 is 5.97 Å². The van der Waals surface area contributed by atoms with Crippen LogP contribution in [-0.4, -0.2) is 33.3 Å². The van der Waals surface area contributed by atoms with Gasteiger partial charge in [-0.25, -0.2) is 4.79 Å². The Morgan fingerprint density at radius 2 is 2.04 bits per heavy atom. The molecule has 1 aromatic carbocycles. The molecule has 3 N–H and O–H groups in total. The Bertz CT molecular complexity index is 1120. The Hall–Kier alpha value is -2.93. The van der Waals surface area contributed by atoms with Crippen molar-refractivity contribution in [1.82, 2.24) is 9.55 Å². The van der Waals surface area contributed by atoms with Crippen molar-refractivity contribution in [3.05, 3.63) is 46.0 Å². The van der Waals surface area contributed by atoms with E-state index in [0.717, 1.165) is 6.42 Å². The highest BCUT2D eigenvalue weighted by molar-refractivity contribution is 6.09. The average Bonchev–Trinajstić information content (AvgIpc) is 2.63. The van der Waals surface area contributed by atoms with Crippen molar-refractivity contribution in [3.63, 3.8) is 0 Å². The van der Waals surface area contributed by atoms with Crippen LogP contribution in [0.2, 0.25) is 0 Å². The smallest absolute Gasteiger partial charge is 0.339 e. The number of carboxylic acids is 1. The lowest BCUT2D eigenvalue weighted by Gasteiger charge is -2.18. The Morgan fingerprint density at radius 1 is 1.32 bits per heavy atom. The number of hydrogen-bond acceptors (Lipinski definition) is 5. The molecule has 3 aromatic rings. The minimum Gasteiger partial charge on any atom is -0.491 e. The molecule has 7 nitrogen and oxygen atoms in total. The van der Waals surface area contributed by atoms with Crippen molar-refractivity contribution in [2.45, 2.75) is 33.2 Å². The molecule has 0 spiro atoms. The van der Waals surface area contributed by atoms with Crippen molar-refractivity contribution in [2.24, 2.45) is 18.7 Å². The molecule has 1 atom stereocenters. The zero-order valence-electron chi connectivity index (χ0n) is 16.5.